The van der Waals surface area contributed by atoms with Crippen molar-refractivity contribution in [2.75, 3.05) is 19.0 Å². The number of carbonyl (C=O) groups is 2. The number of nitrogens with one attached hydrogen (secondary N) is 2. The fourth-order valence-electron chi connectivity index (χ4n) is 1.72. The second-order valence-electron chi connectivity index (χ2n) is 4.87. The van der Waals surface area contributed by atoms with Gasteiger partial charge in [-0.3, -0.25) is 4.79 Å². The van der Waals surface area contributed by atoms with Crippen LogP contribution in [-0.2, 0) is 4.79 Å². The molecule has 0 aromatic heterocycles. The van der Waals surface area contributed by atoms with Crippen LogP contribution < -0.4 is 15.4 Å². The van der Waals surface area contributed by atoms with Gasteiger partial charge in [0.25, 0.3) is 0 Å². The molecule has 21 heavy (non-hydrogen) atoms. The third-order valence-corrected chi connectivity index (χ3v) is 3.01. The fourth-order valence-corrected chi connectivity index (χ4v) is 1.72. The van der Waals surface area contributed by atoms with E-state index in [9.17, 15) is 14.0 Å². The van der Waals surface area contributed by atoms with E-state index >= 15 is 0 Å². The number of halogens is 1. The average Bonchev–Trinajstić information content (AvgIpc) is 2.40. The minimum atomic E-state index is -0.964. The van der Waals surface area contributed by atoms with Crippen LogP contribution in [0.1, 0.15) is 13.8 Å². The molecule has 1 atom stereocenters. The van der Waals surface area contributed by atoms with Crippen LogP contribution in [0, 0.1) is 17.7 Å². The minimum Gasteiger partial charge on any atom is -0.494 e. The number of carboxylic acids is 1. The van der Waals surface area contributed by atoms with Crippen molar-refractivity contribution in [2.45, 2.75) is 13.8 Å². The Kier molecular flexibility index (Phi) is 5.95. The number of urea groups is 1. The molecule has 0 aliphatic rings. The number of hydrogen-bond acceptors (Lipinski definition) is 3. The van der Waals surface area contributed by atoms with Crippen LogP contribution in [0.25, 0.3) is 0 Å². The highest BCUT2D eigenvalue weighted by Gasteiger charge is 2.21. The van der Waals surface area contributed by atoms with Crippen LogP contribution in [0.5, 0.6) is 5.75 Å². The summed E-state index contributed by atoms with van der Waals surface area (Å²) < 4.78 is 18.0. The van der Waals surface area contributed by atoms with Crippen molar-refractivity contribution < 1.29 is 23.8 Å². The predicted molar refractivity (Wildman–Crippen MR) is 75.9 cm³/mol. The predicted octanol–water partition coefficient (Wildman–Crippen LogP) is 2.31. The van der Waals surface area contributed by atoms with Crippen molar-refractivity contribution in [3.05, 3.63) is 24.0 Å². The number of rotatable bonds is 6. The quantitative estimate of drug-likeness (QED) is 0.752. The highest BCUT2D eigenvalue weighted by atomic mass is 19.1. The van der Waals surface area contributed by atoms with Crippen molar-refractivity contribution in [1.82, 2.24) is 5.32 Å². The van der Waals surface area contributed by atoms with E-state index in [2.05, 4.69) is 10.6 Å². The second kappa shape index (κ2) is 7.47. The molecule has 0 aliphatic heterocycles. The summed E-state index contributed by atoms with van der Waals surface area (Å²) in [6.45, 7) is 3.55. The molecule has 0 bridgehead atoms. The van der Waals surface area contributed by atoms with E-state index in [1.165, 1.54) is 25.3 Å². The van der Waals surface area contributed by atoms with Crippen LogP contribution in [-0.4, -0.2) is 30.8 Å². The lowest BCUT2D eigenvalue weighted by Crippen LogP contribution is -2.37. The van der Waals surface area contributed by atoms with Gasteiger partial charge in [-0.1, -0.05) is 13.8 Å². The first-order valence-corrected chi connectivity index (χ1v) is 6.46. The summed E-state index contributed by atoms with van der Waals surface area (Å²) >= 11 is 0. The zero-order valence-corrected chi connectivity index (χ0v) is 12.1. The van der Waals surface area contributed by atoms with Crippen LogP contribution in [0.3, 0.4) is 0 Å². The Bertz CT molecular complexity index is 520. The summed E-state index contributed by atoms with van der Waals surface area (Å²) in [5, 5.41) is 14.0. The van der Waals surface area contributed by atoms with Crippen molar-refractivity contribution in [1.29, 1.82) is 0 Å². The highest BCUT2D eigenvalue weighted by Crippen LogP contribution is 2.21. The van der Waals surface area contributed by atoms with Gasteiger partial charge in [-0.05, 0) is 18.1 Å². The minimum absolute atomic E-state index is 0.0111. The largest absolute Gasteiger partial charge is 0.494 e. The molecule has 1 rings (SSSR count). The lowest BCUT2D eigenvalue weighted by Gasteiger charge is -2.17. The Balaban J connectivity index is 2.59. The maximum absolute atomic E-state index is 13.2. The number of ether oxygens (including phenoxy) is 1. The molecule has 116 valence electrons. The summed E-state index contributed by atoms with van der Waals surface area (Å²) in [7, 11) is 1.32. The maximum atomic E-state index is 13.2. The van der Waals surface area contributed by atoms with Gasteiger partial charge in [0.2, 0.25) is 0 Å². The molecule has 1 unspecified atom stereocenters. The van der Waals surface area contributed by atoms with Gasteiger partial charge in [-0.15, -0.1) is 0 Å². The van der Waals surface area contributed by atoms with Crippen LogP contribution >= 0.6 is 0 Å². The number of anilines is 1. The van der Waals surface area contributed by atoms with Gasteiger partial charge in [-0.25, -0.2) is 9.18 Å². The first kappa shape index (κ1) is 16.7. The van der Waals surface area contributed by atoms with Crippen molar-refractivity contribution in [3.63, 3.8) is 0 Å². The molecule has 7 heteroatoms. The van der Waals surface area contributed by atoms with Gasteiger partial charge < -0.3 is 20.5 Å². The third-order valence-electron chi connectivity index (χ3n) is 3.01. The zero-order chi connectivity index (χ0) is 16.0. The van der Waals surface area contributed by atoms with Crippen LogP contribution in [0.2, 0.25) is 0 Å². The van der Waals surface area contributed by atoms with Crippen molar-refractivity contribution in [2.24, 2.45) is 11.8 Å². The van der Waals surface area contributed by atoms with Crippen LogP contribution in [0.15, 0.2) is 18.2 Å². The van der Waals surface area contributed by atoms with Gasteiger partial charge in [0, 0.05) is 18.3 Å². The van der Waals surface area contributed by atoms with E-state index in [0.29, 0.717) is 5.69 Å². The summed E-state index contributed by atoms with van der Waals surface area (Å²) in [4.78, 5) is 22.7. The standard InChI is InChI=1S/C14H19FN2O4/c1-8(2)10(13(18)19)7-16-14(20)17-9-4-5-11(15)12(6-9)21-3/h4-6,8,10H,7H2,1-3H3,(H,18,19)(H2,16,17,20). The molecule has 0 spiro atoms. The number of methoxy groups -OCH3 is 1. The molecule has 1 aromatic rings. The molecule has 2 amide bonds. The summed E-state index contributed by atoms with van der Waals surface area (Å²) in [6, 6.07) is 3.33. The maximum Gasteiger partial charge on any atom is 0.319 e. The molecule has 3 N–H and O–H groups in total. The van der Waals surface area contributed by atoms with Crippen molar-refractivity contribution in [3.8, 4) is 5.75 Å². The van der Waals surface area contributed by atoms with Gasteiger partial charge in [-0.2, -0.15) is 0 Å². The van der Waals surface area contributed by atoms with E-state index in [1.807, 2.05) is 0 Å². The topological polar surface area (TPSA) is 87.7 Å². The average molecular weight is 298 g/mol. The lowest BCUT2D eigenvalue weighted by molar-refractivity contribution is -0.142. The zero-order valence-electron chi connectivity index (χ0n) is 12.1. The van der Waals surface area contributed by atoms with Gasteiger partial charge in [0.1, 0.15) is 0 Å². The highest BCUT2D eigenvalue weighted by molar-refractivity contribution is 5.89. The molecule has 0 saturated heterocycles. The summed E-state index contributed by atoms with van der Waals surface area (Å²) in [5.41, 5.74) is 0.349. The number of benzene rings is 1. The lowest BCUT2D eigenvalue weighted by atomic mass is 9.96. The van der Waals surface area contributed by atoms with Crippen LogP contribution in [0.4, 0.5) is 14.9 Å². The van der Waals surface area contributed by atoms with Gasteiger partial charge in [0.05, 0.1) is 13.0 Å². The van der Waals surface area contributed by atoms with E-state index < -0.39 is 23.7 Å². The van der Waals surface area contributed by atoms with E-state index in [4.69, 9.17) is 9.84 Å². The normalized spacial score (nSPS) is 11.9. The number of aliphatic carboxylic acids is 1. The van der Waals surface area contributed by atoms with Crippen molar-refractivity contribution >= 4 is 17.7 Å². The summed E-state index contributed by atoms with van der Waals surface area (Å²) in [6.07, 6.45) is 0. The molecule has 0 fully saturated rings. The van der Waals surface area contributed by atoms with Gasteiger partial charge in [0.15, 0.2) is 11.6 Å². The first-order chi connectivity index (χ1) is 9.85. The van der Waals surface area contributed by atoms with E-state index in [0.717, 1.165) is 0 Å². The fraction of sp³-hybridized carbons (Fsp3) is 0.429. The molecule has 0 radical (unpaired) electrons. The Morgan fingerprint density at radius 1 is 1.38 bits per heavy atom. The van der Waals surface area contributed by atoms with E-state index in [1.54, 1.807) is 13.8 Å². The second-order valence-corrected chi connectivity index (χ2v) is 4.87. The molecular weight excluding hydrogens is 279 g/mol. The molecular formula is C14H19FN2O4. The molecule has 0 aliphatic carbocycles. The van der Waals surface area contributed by atoms with Gasteiger partial charge >= 0.3 is 12.0 Å². The molecule has 0 heterocycles. The Labute approximate surface area is 122 Å². The number of carboxylic acid groups (broad SMARTS) is 1. The molecule has 6 nitrogen and oxygen atoms in total. The third kappa shape index (κ3) is 4.94. The Morgan fingerprint density at radius 2 is 2.05 bits per heavy atom. The number of hydrogen-bond donors (Lipinski definition) is 3. The first-order valence-electron chi connectivity index (χ1n) is 6.46. The molecule has 1 aromatic carbocycles. The summed E-state index contributed by atoms with van der Waals surface area (Å²) in [5.74, 6) is -2.26. The number of amides is 2. The Hall–Kier alpha value is -2.31. The smallest absolute Gasteiger partial charge is 0.319 e. The SMILES string of the molecule is COc1cc(NC(=O)NCC(C(=O)O)C(C)C)ccc1F. The van der Waals surface area contributed by atoms with E-state index in [-0.39, 0.29) is 18.2 Å². The number of carbonyl (C=O) groups excluding carboxylic acids is 1. The molecule has 0 saturated carbocycles. The monoisotopic (exact) mass is 298 g/mol. The Morgan fingerprint density at radius 3 is 2.57 bits per heavy atom.